The molecule has 1 heterocycles. The molecule has 2 N–H and O–H groups in total. The van der Waals surface area contributed by atoms with Crippen LogP contribution in [0.3, 0.4) is 0 Å². The Morgan fingerprint density at radius 2 is 2.00 bits per heavy atom. The minimum absolute atomic E-state index is 0.176. The second-order valence-electron chi connectivity index (χ2n) is 4.64. The fourth-order valence-corrected chi connectivity index (χ4v) is 3.37. The second-order valence-corrected chi connectivity index (χ2v) is 7.19. The maximum Gasteiger partial charge on any atom is 0.224 e. The molecule has 0 saturated carbocycles. The standard InChI is InChI=1S/C15H25BrN4OS/c1-4-17-15(19-11-12-7-8-13(16)22-12)18-10-9-14(21)20(5-2)6-3/h7-8H,4-6,9-11H2,1-3H3,(H2,17,18,19). The van der Waals surface area contributed by atoms with Gasteiger partial charge in [-0.15, -0.1) is 11.3 Å². The van der Waals surface area contributed by atoms with Crippen molar-refractivity contribution in [2.75, 3.05) is 26.2 Å². The molecular formula is C15H25BrN4OS. The van der Waals surface area contributed by atoms with Crippen LogP contribution in [0.25, 0.3) is 0 Å². The number of rotatable bonds is 8. The molecule has 0 radical (unpaired) electrons. The molecule has 7 heteroatoms. The first-order valence-corrected chi connectivity index (χ1v) is 9.25. The van der Waals surface area contributed by atoms with E-state index in [0.717, 1.165) is 29.4 Å². The van der Waals surface area contributed by atoms with Crippen molar-refractivity contribution >= 4 is 39.1 Å². The van der Waals surface area contributed by atoms with Crippen LogP contribution in [0.4, 0.5) is 0 Å². The van der Waals surface area contributed by atoms with E-state index in [4.69, 9.17) is 0 Å². The maximum absolute atomic E-state index is 11.9. The highest BCUT2D eigenvalue weighted by molar-refractivity contribution is 9.11. The third-order valence-electron chi connectivity index (χ3n) is 3.11. The van der Waals surface area contributed by atoms with Crippen LogP contribution in [0.1, 0.15) is 32.1 Å². The van der Waals surface area contributed by atoms with Crippen LogP contribution in [0.2, 0.25) is 0 Å². The van der Waals surface area contributed by atoms with Crippen molar-refractivity contribution in [2.24, 2.45) is 4.99 Å². The number of carbonyl (C=O) groups is 1. The molecule has 0 unspecified atom stereocenters. The summed E-state index contributed by atoms with van der Waals surface area (Å²) in [7, 11) is 0. The molecule has 1 aromatic rings. The zero-order chi connectivity index (χ0) is 16.4. The molecule has 1 amide bonds. The smallest absolute Gasteiger partial charge is 0.224 e. The molecule has 0 atom stereocenters. The second kappa shape index (κ2) is 10.6. The van der Waals surface area contributed by atoms with E-state index < -0.39 is 0 Å². The van der Waals surface area contributed by atoms with Crippen molar-refractivity contribution in [2.45, 2.75) is 33.7 Å². The van der Waals surface area contributed by atoms with Gasteiger partial charge in [-0.05, 0) is 48.8 Å². The van der Waals surface area contributed by atoms with Crippen molar-refractivity contribution in [3.63, 3.8) is 0 Å². The number of carbonyl (C=O) groups excluding carboxylic acids is 1. The van der Waals surface area contributed by atoms with Crippen molar-refractivity contribution in [3.05, 3.63) is 20.8 Å². The minimum atomic E-state index is 0.176. The van der Waals surface area contributed by atoms with Gasteiger partial charge in [0.15, 0.2) is 5.96 Å². The van der Waals surface area contributed by atoms with E-state index in [1.165, 1.54) is 4.88 Å². The highest BCUT2D eigenvalue weighted by atomic mass is 79.9. The molecule has 1 aromatic heterocycles. The van der Waals surface area contributed by atoms with E-state index in [9.17, 15) is 4.79 Å². The van der Waals surface area contributed by atoms with Gasteiger partial charge < -0.3 is 15.5 Å². The summed E-state index contributed by atoms with van der Waals surface area (Å²) in [4.78, 5) is 19.5. The summed E-state index contributed by atoms with van der Waals surface area (Å²) >= 11 is 5.13. The lowest BCUT2D eigenvalue weighted by Gasteiger charge is -2.19. The lowest BCUT2D eigenvalue weighted by Crippen LogP contribution is -2.40. The molecule has 22 heavy (non-hydrogen) atoms. The molecule has 0 saturated heterocycles. The number of nitrogens with zero attached hydrogens (tertiary/aromatic N) is 2. The number of aliphatic imine (C=N–C) groups is 1. The third-order valence-corrected chi connectivity index (χ3v) is 4.72. The van der Waals surface area contributed by atoms with Gasteiger partial charge in [0, 0.05) is 37.5 Å². The van der Waals surface area contributed by atoms with Gasteiger partial charge in [-0.1, -0.05) is 0 Å². The van der Waals surface area contributed by atoms with Crippen LogP contribution >= 0.6 is 27.3 Å². The lowest BCUT2D eigenvalue weighted by atomic mass is 10.3. The Labute approximate surface area is 145 Å². The van der Waals surface area contributed by atoms with E-state index in [-0.39, 0.29) is 5.91 Å². The number of guanidine groups is 1. The number of hydrogen-bond acceptors (Lipinski definition) is 3. The Hall–Kier alpha value is -1.08. The van der Waals surface area contributed by atoms with Gasteiger partial charge >= 0.3 is 0 Å². The summed E-state index contributed by atoms with van der Waals surface area (Å²) in [5, 5.41) is 6.41. The highest BCUT2D eigenvalue weighted by Crippen LogP contribution is 2.22. The first kappa shape index (κ1) is 19.0. The average molecular weight is 389 g/mol. The van der Waals surface area contributed by atoms with Crippen LogP contribution < -0.4 is 10.6 Å². The minimum Gasteiger partial charge on any atom is -0.357 e. The Balaban J connectivity index is 2.45. The van der Waals surface area contributed by atoms with E-state index in [1.54, 1.807) is 11.3 Å². The van der Waals surface area contributed by atoms with Gasteiger partial charge in [-0.3, -0.25) is 4.79 Å². The molecule has 124 valence electrons. The Morgan fingerprint density at radius 3 is 2.55 bits per heavy atom. The molecule has 0 bridgehead atoms. The average Bonchev–Trinajstić information content (AvgIpc) is 2.91. The van der Waals surface area contributed by atoms with Crippen molar-refractivity contribution in [3.8, 4) is 0 Å². The monoisotopic (exact) mass is 388 g/mol. The zero-order valence-electron chi connectivity index (χ0n) is 13.5. The molecule has 0 spiro atoms. The number of hydrogen-bond donors (Lipinski definition) is 2. The van der Waals surface area contributed by atoms with Gasteiger partial charge in [0.25, 0.3) is 0 Å². The van der Waals surface area contributed by atoms with Crippen molar-refractivity contribution in [1.82, 2.24) is 15.5 Å². The zero-order valence-corrected chi connectivity index (χ0v) is 15.9. The van der Waals surface area contributed by atoms with Crippen LogP contribution in [0.5, 0.6) is 0 Å². The number of nitrogens with one attached hydrogen (secondary N) is 2. The first-order valence-electron chi connectivity index (χ1n) is 7.64. The van der Waals surface area contributed by atoms with Gasteiger partial charge in [-0.25, -0.2) is 4.99 Å². The topological polar surface area (TPSA) is 56.7 Å². The third kappa shape index (κ3) is 6.79. The van der Waals surface area contributed by atoms with Crippen molar-refractivity contribution < 1.29 is 4.79 Å². The molecule has 0 aliphatic carbocycles. The SMILES string of the molecule is CCNC(=NCc1ccc(Br)s1)NCCC(=O)N(CC)CC. The summed E-state index contributed by atoms with van der Waals surface area (Å²) in [5.74, 6) is 0.926. The summed E-state index contributed by atoms with van der Waals surface area (Å²) in [6, 6.07) is 4.09. The van der Waals surface area contributed by atoms with Crippen LogP contribution in [-0.2, 0) is 11.3 Å². The number of amides is 1. The van der Waals surface area contributed by atoms with E-state index in [0.29, 0.717) is 19.5 Å². The van der Waals surface area contributed by atoms with E-state index >= 15 is 0 Å². The van der Waals surface area contributed by atoms with Crippen LogP contribution in [0.15, 0.2) is 20.9 Å². The Bertz CT molecular complexity index is 486. The van der Waals surface area contributed by atoms with Crippen LogP contribution in [-0.4, -0.2) is 42.9 Å². The molecule has 0 aliphatic heterocycles. The van der Waals surface area contributed by atoms with E-state index in [2.05, 4.69) is 37.6 Å². The van der Waals surface area contributed by atoms with Gasteiger partial charge in [0.1, 0.15) is 0 Å². The molecular weight excluding hydrogens is 364 g/mol. The predicted octanol–water partition coefficient (Wildman–Crippen LogP) is 2.82. The summed E-state index contributed by atoms with van der Waals surface area (Å²) in [5.41, 5.74) is 0. The Morgan fingerprint density at radius 1 is 1.27 bits per heavy atom. The van der Waals surface area contributed by atoms with E-state index in [1.807, 2.05) is 31.7 Å². The maximum atomic E-state index is 11.9. The first-order chi connectivity index (χ1) is 10.6. The van der Waals surface area contributed by atoms with Gasteiger partial charge in [-0.2, -0.15) is 0 Å². The summed E-state index contributed by atoms with van der Waals surface area (Å²) < 4.78 is 1.11. The molecule has 0 aliphatic rings. The summed E-state index contributed by atoms with van der Waals surface area (Å²) in [6.07, 6.45) is 0.483. The largest absolute Gasteiger partial charge is 0.357 e. The molecule has 5 nitrogen and oxygen atoms in total. The molecule has 0 aromatic carbocycles. The number of thiophene rings is 1. The molecule has 1 rings (SSSR count). The Kier molecular flexibility index (Phi) is 9.15. The quantitative estimate of drug-likeness (QED) is 0.531. The lowest BCUT2D eigenvalue weighted by molar-refractivity contribution is -0.130. The summed E-state index contributed by atoms with van der Waals surface area (Å²) in [6.45, 7) is 9.57. The number of halogens is 1. The van der Waals surface area contributed by atoms with Crippen LogP contribution in [0, 0.1) is 0 Å². The fourth-order valence-electron chi connectivity index (χ4n) is 1.96. The van der Waals surface area contributed by atoms with Gasteiger partial charge in [0.2, 0.25) is 5.91 Å². The fraction of sp³-hybridized carbons (Fsp3) is 0.600. The highest BCUT2D eigenvalue weighted by Gasteiger charge is 2.09. The normalized spacial score (nSPS) is 11.4. The van der Waals surface area contributed by atoms with Gasteiger partial charge in [0.05, 0.1) is 10.3 Å². The molecule has 0 fully saturated rings. The van der Waals surface area contributed by atoms with Crippen molar-refractivity contribution in [1.29, 1.82) is 0 Å². The predicted molar refractivity (Wildman–Crippen MR) is 97.4 cm³/mol.